The number of benzene rings is 3. The summed E-state index contributed by atoms with van der Waals surface area (Å²) >= 11 is 0. The molecular formula is C47H48F4N8O5. The van der Waals surface area contributed by atoms with Gasteiger partial charge in [0, 0.05) is 104 Å². The zero-order chi connectivity index (χ0) is 45.4. The number of aldehydes is 2. The Bertz CT molecular complexity index is 2590. The average Bonchev–Trinajstić information content (AvgIpc) is 3.89. The Labute approximate surface area is 366 Å². The second-order valence-corrected chi connectivity index (χ2v) is 16.8. The molecule has 2 aromatic heterocycles. The van der Waals surface area contributed by atoms with Crippen LogP contribution >= 0.6 is 0 Å². The number of H-pyrrole nitrogens is 1. The van der Waals surface area contributed by atoms with Crippen LogP contribution in [-0.4, -0.2) is 123 Å². The number of nitrogens with one attached hydrogen (secondary N) is 2. The second-order valence-electron chi connectivity index (χ2n) is 16.8. The number of para-hydroxylation sites is 1. The van der Waals surface area contributed by atoms with Gasteiger partial charge in [-0.2, -0.15) is 0 Å². The molecule has 2 unspecified atom stereocenters. The van der Waals surface area contributed by atoms with Crippen molar-refractivity contribution in [2.75, 3.05) is 33.7 Å². The molecule has 5 heterocycles. The van der Waals surface area contributed by atoms with Gasteiger partial charge in [-0.1, -0.05) is 18.2 Å². The van der Waals surface area contributed by atoms with Crippen LogP contribution in [0, 0.1) is 11.6 Å². The van der Waals surface area contributed by atoms with Gasteiger partial charge in [0.2, 0.25) is 11.7 Å². The molecule has 13 nitrogen and oxygen atoms in total. The minimum absolute atomic E-state index is 0.0770. The highest BCUT2D eigenvalue weighted by atomic mass is 19.3. The van der Waals surface area contributed by atoms with Crippen LogP contribution < -0.4 is 5.32 Å². The van der Waals surface area contributed by atoms with Crippen molar-refractivity contribution in [1.29, 1.82) is 0 Å². The van der Waals surface area contributed by atoms with Crippen LogP contribution in [0.1, 0.15) is 97.9 Å². The normalized spacial score (nSPS) is 18.5. The molecule has 3 atom stereocenters. The third-order valence-corrected chi connectivity index (χ3v) is 13.0. The van der Waals surface area contributed by atoms with E-state index in [1.807, 2.05) is 24.3 Å². The smallest absolute Gasteiger partial charge is 0.291 e. The van der Waals surface area contributed by atoms with E-state index < -0.39 is 60.5 Å². The predicted molar refractivity (Wildman–Crippen MR) is 229 cm³/mol. The highest BCUT2D eigenvalue weighted by molar-refractivity contribution is 6.03. The van der Waals surface area contributed by atoms with Gasteiger partial charge in [-0.15, -0.1) is 0 Å². The maximum atomic E-state index is 16.2. The summed E-state index contributed by atoms with van der Waals surface area (Å²) in [6.07, 6.45) is 3.18. The topological polar surface area (TPSA) is 152 Å². The van der Waals surface area contributed by atoms with E-state index in [1.165, 1.54) is 36.3 Å². The van der Waals surface area contributed by atoms with Gasteiger partial charge in [0.05, 0.1) is 18.2 Å². The van der Waals surface area contributed by atoms with E-state index in [9.17, 15) is 32.8 Å². The average molecular weight is 881 g/mol. The molecule has 0 bridgehead atoms. The summed E-state index contributed by atoms with van der Waals surface area (Å²) in [6.45, 7) is 3.00. The number of alkyl halides is 2. The lowest BCUT2D eigenvalue weighted by molar-refractivity contribution is -0.125. The monoisotopic (exact) mass is 880 g/mol. The van der Waals surface area contributed by atoms with Crippen LogP contribution in [-0.2, 0) is 29.1 Å². The Balaban J connectivity index is 0.928. The van der Waals surface area contributed by atoms with E-state index in [1.54, 1.807) is 24.0 Å². The van der Waals surface area contributed by atoms with E-state index in [4.69, 9.17) is 0 Å². The largest absolute Gasteiger partial charge is 0.357 e. The van der Waals surface area contributed by atoms with E-state index >= 15 is 8.78 Å². The van der Waals surface area contributed by atoms with Gasteiger partial charge in [-0.05, 0) is 85.2 Å². The lowest BCUT2D eigenvalue weighted by Gasteiger charge is -2.41. The molecule has 334 valence electrons. The Hall–Kier alpha value is -6.33. The van der Waals surface area contributed by atoms with Crippen LogP contribution in [0.25, 0.3) is 22.0 Å². The van der Waals surface area contributed by atoms with Crippen molar-refractivity contribution < 1.29 is 41.5 Å². The third kappa shape index (κ3) is 8.41. The van der Waals surface area contributed by atoms with Crippen molar-refractivity contribution in [2.24, 2.45) is 0 Å². The Morgan fingerprint density at radius 2 is 1.64 bits per heavy atom. The first-order valence-corrected chi connectivity index (χ1v) is 21.3. The van der Waals surface area contributed by atoms with Gasteiger partial charge in [-0.3, -0.25) is 29.0 Å². The second kappa shape index (κ2) is 18.4. The van der Waals surface area contributed by atoms with E-state index in [0.29, 0.717) is 63.7 Å². The quantitative estimate of drug-likeness (QED) is 0.106. The number of carbonyl (C=O) groups excluding carboxylic acids is 5. The first-order valence-electron chi connectivity index (χ1n) is 21.3. The number of hydrogen-bond donors (Lipinski definition) is 2. The zero-order valence-corrected chi connectivity index (χ0v) is 35.6. The maximum Gasteiger partial charge on any atom is 0.291 e. The predicted octanol–water partition coefficient (Wildman–Crippen LogP) is 6.10. The van der Waals surface area contributed by atoms with Crippen molar-refractivity contribution in [1.82, 2.24) is 39.9 Å². The summed E-state index contributed by atoms with van der Waals surface area (Å²) in [5.74, 6) is -3.21. The molecular weight excluding hydrogens is 833 g/mol. The lowest BCUT2D eigenvalue weighted by Crippen LogP contribution is -2.47. The maximum absolute atomic E-state index is 16.2. The van der Waals surface area contributed by atoms with Crippen LogP contribution in [0.3, 0.4) is 0 Å². The molecule has 3 amide bonds. The molecule has 0 aliphatic carbocycles. The molecule has 8 rings (SSSR count). The molecule has 64 heavy (non-hydrogen) atoms. The molecule has 0 spiro atoms. The van der Waals surface area contributed by atoms with Gasteiger partial charge in [0.1, 0.15) is 24.0 Å². The van der Waals surface area contributed by atoms with Crippen molar-refractivity contribution in [3.8, 4) is 11.1 Å². The Morgan fingerprint density at radius 3 is 2.28 bits per heavy atom. The Kier molecular flexibility index (Phi) is 12.7. The zero-order valence-electron chi connectivity index (χ0n) is 35.6. The fraction of sp³-hybridized carbons (Fsp3) is 0.383. The van der Waals surface area contributed by atoms with Crippen LogP contribution in [0.2, 0.25) is 0 Å². The molecule has 2 N–H and O–H groups in total. The first kappa shape index (κ1) is 44.3. The fourth-order valence-corrected chi connectivity index (χ4v) is 9.70. The number of nitrogens with zero attached hydrogens (tertiary/aromatic N) is 6. The van der Waals surface area contributed by atoms with Crippen LogP contribution in [0.5, 0.6) is 0 Å². The van der Waals surface area contributed by atoms with Crippen LogP contribution in [0.15, 0.2) is 60.9 Å². The number of amides is 3. The van der Waals surface area contributed by atoms with Gasteiger partial charge < -0.3 is 24.9 Å². The van der Waals surface area contributed by atoms with Gasteiger partial charge in [-0.25, -0.2) is 27.5 Å². The van der Waals surface area contributed by atoms with Crippen molar-refractivity contribution in [2.45, 2.75) is 82.7 Å². The summed E-state index contributed by atoms with van der Waals surface area (Å²) in [5.41, 5.74) is 4.29. The summed E-state index contributed by atoms with van der Waals surface area (Å²) in [6, 6.07) is 10.8. The minimum atomic E-state index is -2.73. The minimum Gasteiger partial charge on any atom is -0.357 e. The highest BCUT2D eigenvalue weighted by Gasteiger charge is 2.40. The van der Waals surface area contributed by atoms with Gasteiger partial charge >= 0.3 is 0 Å². The van der Waals surface area contributed by atoms with Crippen molar-refractivity contribution in [3.63, 3.8) is 0 Å². The number of fused-ring (bicyclic) bond motifs is 4. The van der Waals surface area contributed by atoms with Crippen molar-refractivity contribution >= 4 is 41.2 Å². The molecule has 0 saturated carbocycles. The molecule has 1 fully saturated rings. The Morgan fingerprint density at radius 1 is 0.969 bits per heavy atom. The molecule has 0 radical (unpaired) electrons. The number of rotatable bonds is 13. The third-order valence-electron chi connectivity index (χ3n) is 13.0. The number of hydrogen-bond acceptors (Lipinski definition) is 9. The molecule has 5 aromatic rings. The molecule has 17 heteroatoms. The van der Waals surface area contributed by atoms with E-state index in [-0.39, 0.29) is 52.5 Å². The summed E-state index contributed by atoms with van der Waals surface area (Å²) < 4.78 is 60.3. The number of halogens is 4. The highest BCUT2D eigenvalue weighted by Crippen LogP contribution is 2.43. The number of aromatic amines is 1. The number of piperidine rings is 1. The molecule has 1 saturated heterocycles. The summed E-state index contributed by atoms with van der Waals surface area (Å²) in [5, 5.41) is 3.41. The SMILES string of the molecule is CNC(=O)C(CCC=O)N(C)C(=O)c1cc2c(cc1C=O)CN(C1CCN(C(=O)c3ncc(-c4cc(F)c(C5c6[nH]c7ccccc7c6C[C@@H](C)N5CC(F)F)c(F)c4)cn3)CC1)C2. The van der Waals surface area contributed by atoms with Crippen molar-refractivity contribution in [3.05, 3.63) is 117 Å². The molecule has 3 aromatic carbocycles. The number of likely N-dealkylation sites (tertiary alicyclic amines) is 1. The van der Waals surface area contributed by atoms with Crippen LogP contribution in [0.4, 0.5) is 17.6 Å². The summed E-state index contributed by atoms with van der Waals surface area (Å²) in [4.78, 5) is 81.4. The number of likely N-dealkylation sites (N-methyl/N-ethyl adjacent to an activating group) is 2. The van der Waals surface area contributed by atoms with Gasteiger partial charge in [0.25, 0.3) is 18.2 Å². The summed E-state index contributed by atoms with van der Waals surface area (Å²) in [7, 11) is 2.93. The molecule has 3 aliphatic rings. The van der Waals surface area contributed by atoms with E-state index in [0.717, 1.165) is 39.7 Å². The fourth-order valence-electron chi connectivity index (χ4n) is 9.70. The van der Waals surface area contributed by atoms with E-state index in [2.05, 4.69) is 25.2 Å². The standard InChI is InChI=1S/C47H48F4N8O5/c1-26-15-35-33-7-4-5-8-38(33)55-42(35)43(59(26)24-40(50)51)41-36(48)18-27(19-37(41)49)31-20-53-44(54-21-31)47(64)57-12-10-32(11-13-57)58-22-28-16-30(25-61)34(17-29(28)23-58)46(63)56(3)39(9-6-14-60)45(62)52-2/h4-5,7-8,14,16-21,25-26,32,39-40,43,55H,6,9-13,15,22-24H2,1-3H3,(H,52,62)/t26-,39?,43?/m1/s1. The number of aromatic nitrogens is 3. The number of carbonyl (C=O) groups is 5. The first-order chi connectivity index (χ1) is 30.8. The molecule has 3 aliphatic heterocycles. The van der Waals surface area contributed by atoms with Gasteiger partial charge in [0.15, 0.2) is 6.29 Å². The lowest BCUT2D eigenvalue weighted by atomic mass is 9.87.